The number of carbonyl (C=O) groups is 1. The van der Waals surface area contributed by atoms with Crippen LogP contribution in [-0.2, 0) is 13.0 Å². The number of hydrogen-bond acceptors (Lipinski definition) is 3. The third-order valence-corrected chi connectivity index (χ3v) is 7.01. The Morgan fingerprint density at radius 3 is 2.23 bits per heavy atom. The summed E-state index contributed by atoms with van der Waals surface area (Å²) in [6, 6.07) is 33.7. The van der Waals surface area contributed by atoms with Crippen molar-refractivity contribution in [3.63, 3.8) is 0 Å². The Morgan fingerprint density at radius 1 is 0.857 bits per heavy atom. The minimum Gasteiger partial charge on any atom is -0.333 e. The zero-order valence-electron chi connectivity index (χ0n) is 19.0. The van der Waals surface area contributed by atoms with Crippen LogP contribution in [0, 0.1) is 0 Å². The van der Waals surface area contributed by atoms with Gasteiger partial charge in [-0.25, -0.2) is 4.68 Å². The van der Waals surface area contributed by atoms with Crippen LogP contribution in [-0.4, -0.2) is 27.1 Å². The van der Waals surface area contributed by atoms with Gasteiger partial charge in [0.1, 0.15) is 11.4 Å². The molecule has 0 aliphatic heterocycles. The molecule has 0 radical (unpaired) electrons. The van der Waals surface area contributed by atoms with Crippen LogP contribution in [0.5, 0.6) is 0 Å². The molecule has 0 N–H and O–H groups in total. The van der Waals surface area contributed by atoms with E-state index in [-0.39, 0.29) is 5.91 Å². The van der Waals surface area contributed by atoms with Gasteiger partial charge in [0, 0.05) is 13.1 Å². The number of carbonyl (C=O) groups excluding carboxylic acids is 1. The van der Waals surface area contributed by atoms with E-state index in [2.05, 4.69) is 12.1 Å². The smallest absolute Gasteiger partial charge is 0.272 e. The van der Waals surface area contributed by atoms with Gasteiger partial charge in [0.25, 0.3) is 5.91 Å². The van der Waals surface area contributed by atoms with E-state index in [0.717, 1.165) is 22.6 Å². The van der Waals surface area contributed by atoms with Crippen LogP contribution in [0.4, 0.5) is 0 Å². The molecule has 0 unspecified atom stereocenters. The summed E-state index contributed by atoms with van der Waals surface area (Å²) < 4.78 is 1.68. The highest BCUT2D eigenvalue weighted by Gasteiger charge is 2.24. The third-order valence-electron chi connectivity index (χ3n) is 5.80. The van der Waals surface area contributed by atoms with Crippen LogP contribution in [0.1, 0.15) is 21.6 Å². The highest BCUT2D eigenvalue weighted by Crippen LogP contribution is 2.29. The molecule has 35 heavy (non-hydrogen) atoms. The summed E-state index contributed by atoms with van der Waals surface area (Å²) in [5.41, 5.74) is 4.20. The largest absolute Gasteiger partial charge is 0.333 e. The number of rotatable bonds is 8. The highest BCUT2D eigenvalue weighted by atomic mass is 35.5. The molecule has 3 aromatic carbocycles. The maximum absolute atomic E-state index is 14.1. The maximum Gasteiger partial charge on any atom is 0.272 e. The van der Waals surface area contributed by atoms with Gasteiger partial charge in [-0.2, -0.15) is 5.10 Å². The Balaban J connectivity index is 1.54. The number of hydrogen-bond donors (Lipinski definition) is 0. The molecular formula is C29H24ClN3OS. The van der Waals surface area contributed by atoms with Gasteiger partial charge < -0.3 is 4.90 Å². The number of halogens is 1. The van der Waals surface area contributed by atoms with E-state index in [9.17, 15) is 4.79 Å². The van der Waals surface area contributed by atoms with E-state index in [0.29, 0.717) is 29.5 Å². The van der Waals surface area contributed by atoms with Crippen molar-refractivity contribution in [2.75, 3.05) is 6.54 Å². The van der Waals surface area contributed by atoms with E-state index in [1.165, 1.54) is 5.56 Å². The molecule has 0 aliphatic carbocycles. The standard InChI is InChI=1S/C29H24ClN3OS/c30-24-14-7-8-15-26(24)33-27(20-25(31-33)28-16-9-19-35-28)29(34)32(21-23-12-5-2-6-13-23)18-17-22-10-3-1-4-11-22/h1-16,19-20H,17-18,21H2. The van der Waals surface area contributed by atoms with E-state index in [1.54, 1.807) is 16.0 Å². The lowest BCUT2D eigenvalue weighted by Crippen LogP contribution is -2.34. The molecule has 0 spiro atoms. The fraction of sp³-hybridized carbons (Fsp3) is 0.103. The number of para-hydroxylation sites is 1. The van der Waals surface area contributed by atoms with Crippen molar-refractivity contribution in [2.45, 2.75) is 13.0 Å². The molecule has 0 bridgehead atoms. The van der Waals surface area contributed by atoms with E-state index >= 15 is 0 Å². The Labute approximate surface area is 214 Å². The predicted molar refractivity (Wildman–Crippen MR) is 143 cm³/mol. The van der Waals surface area contributed by atoms with Crippen LogP contribution < -0.4 is 0 Å². The normalized spacial score (nSPS) is 10.9. The van der Waals surface area contributed by atoms with Crippen LogP contribution in [0.3, 0.4) is 0 Å². The summed E-state index contributed by atoms with van der Waals surface area (Å²) in [5.74, 6) is -0.0833. The van der Waals surface area contributed by atoms with Crippen LogP contribution >= 0.6 is 22.9 Å². The summed E-state index contributed by atoms with van der Waals surface area (Å²) in [4.78, 5) is 17.0. The Hall–Kier alpha value is -3.67. The molecule has 0 saturated carbocycles. The van der Waals surface area contributed by atoms with Gasteiger partial charge in [0.05, 0.1) is 15.6 Å². The fourth-order valence-corrected chi connectivity index (χ4v) is 4.91. The summed E-state index contributed by atoms with van der Waals surface area (Å²) in [7, 11) is 0. The second-order valence-electron chi connectivity index (χ2n) is 8.20. The second-order valence-corrected chi connectivity index (χ2v) is 9.56. The average Bonchev–Trinajstić information content (AvgIpc) is 3.58. The van der Waals surface area contributed by atoms with Gasteiger partial charge in [-0.3, -0.25) is 4.79 Å². The summed E-state index contributed by atoms with van der Waals surface area (Å²) in [6.45, 7) is 1.09. The number of amides is 1. The van der Waals surface area contributed by atoms with E-state index in [1.807, 2.05) is 101 Å². The van der Waals surface area contributed by atoms with Gasteiger partial charge >= 0.3 is 0 Å². The van der Waals surface area contributed by atoms with Crippen LogP contribution in [0.15, 0.2) is 109 Å². The van der Waals surface area contributed by atoms with Crippen molar-refractivity contribution >= 4 is 28.8 Å². The van der Waals surface area contributed by atoms with Crippen LogP contribution in [0.25, 0.3) is 16.3 Å². The van der Waals surface area contributed by atoms with E-state index in [4.69, 9.17) is 16.7 Å². The summed E-state index contributed by atoms with van der Waals surface area (Å²) >= 11 is 8.13. The molecule has 174 valence electrons. The Morgan fingerprint density at radius 2 is 1.54 bits per heavy atom. The zero-order chi connectivity index (χ0) is 24.0. The van der Waals surface area contributed by atoms with Crippen molar-refractivity contribution in [3.8, 4) is 16.3 Å². The first-order valence-corrected chi connectivity index (χ1v) is 12.7. The molecule has 0 atom stereocenters. The molecule has 5 aromatic rings. The van der Waals surface area contributed by atoms with Gasteiger partial charge in [-0.05, 0) is 47.2 Å². The predicted octanol–water partition coefficient (Wildman–Crippen LogP) is 7.14. The Bertz CT molecular complexity index is 1400. The van der Waals surface area contributed by atoms with Crippen molar-refractivity contribution < 1.29 is 4.79 Å². The topological polar surface area (TPSA) is 38.1 Å². The molecule has 2 aromatic heterocycles. The molecular weight excluding hydrogens is 474 g/mol. The minimum absolute atomic E-state index is 0.0833. The van der Waals surface area contributed by atoms with Crippen molar-refractivity contribution in [1.29, 1.82) is 0 Å². The fourth-order valence-electron chi connectivity index (χ4n) is 4.01. The van der Waals surface area contributed by atoms with E-state index < -0.39 is 0 Å². The van der Waals surface area contributed by atoms with Gasteiger partial charge in [-0.1, -0.05) is 90.5 Å². The third kappa shape index (κ3) is 5.37. The summed E-state index contributed by atoms with van der Waals surface area (Å²) in [5, 5.41) is 7.36. The number of thiophene rings is 1. The first-order chi connectivity index (χ1) is 17.2. The van der Waals surface area contributed by atoms with Crippen LogP contribution in [0.2, 0.25) is 5.02 Å². The van der Waals surface area contributed by atoms with Gasteiger partial charge in [0.15, 0.2) is 0 Å². The van der Waals surface area contributed by atoms with Crippen molar-refractivity contribution in [1.82, 2.24) is 14.7 Å². The lowest BCUT2D eigenvalue weighted by Gasteiger charge is -2.23. The quantitative estimate of drug-likeness (QED) is 0.228. The minimum atomic E-state index is -0.0833. The molecule has 0 aliphatic rings. The van der Waals surface area contributed by atoms with Gasteiger partial charge in [-0.15, -0.1) is 11.3 Å². The summed E-state index contributed by atoms with van der Waals surface area (Å²) in [6.07, 6.45) is 0.761. The second kappa shape index (κ2) is 10.7. The molecule has 6 heteroatoms. The molecule has 4 nitrogen and oxygen atoms in total. The monoisotopic (exact) mass is 497 g/mol. The maximum atomic E-state index is 14.1. The average molecular weight is 498 g/mol. The molecule has 5 rings (SSSR count). The number of nitrogens with zero attached hydrogens (tertiary/aromatic N) is 3. The highest BCUT2D eigenvalue weighted by molar-refractivity contribution is 7.13. The number of aromatic nitrogens is 2. The molecule has 2 heterocycles. The molecule has 1 amide bonds. The number of benzene rings is 3. The Kier molecular flexibility index (Phi) is 7.07. The zero-order valence-corrected chi connectivity index (χ0v) is 20.6. The SMILES string of the molecule is O=C(c1cc(-c2cccs2)nn1-c1ccccc1Cl)N(CCc1ccccc1)Cc1ccccc1. The van der Waals surface area contributed by atoms with Gasteiger partial charge in [0.2, 0.25) is 0 Å². The first kappa shape index (κ1) is 23.1. The first-order valence-electron chi connectivity index (χ1n) is 11.4. The molecule has 0 fully saturated rings. The molecule has 0 saturated heterocycles. The lowest BCUT2D eigenvalue weighted by molar-refractivity contribution is 0.0736. The lowest BCUT2D eigenvalue weighted by atomic mass is 10.1. The van der Waals surface area contributed by atoms with Crippen molar-refractivity contribution in [2.24, 2.45) is 0 Å². The van der Waals surface area contributed by atoms with Crippen molar-refractivity contribution in [3.05, 3.63) is 130 Å².